The largest absolute Gasteiger partial charge is 0.351 e. The topological polar surface area (TPSA) is 92.7 Å². The number of hydrazine groups is 1. The molecule has 0 unspecified atom stereocenters. The lowest BCUT2D eigenvalue weighted by molar-refractivity contribution is -0.118. The molecule has 0 spiro atoms. The number of rotatable bonds is 4. The first-order chi connectivity index (χ1) is 5.61. The Bertz CT molecular complexity index is 210. The summed E-state index contributed by atoms with van der Waals surface area (Å²) in [5.41, 5.74) is 4.87. The Morgan fingerprint density at radius 1 is 1.58 bits per heavy atom. The summed E-state index contributed by atoms with van der Waals surface area (Å²) in [6.45, 7) is 0.276. The van der Waals surface area contributed by atoms with Gasteiger partial charge in [0.15, 0.2) is 0 Å². The first-order valence-corrected chi connectivity index (χ1v) is 3.11. The molecular weight excluding hydrogens is 160 g/mol. The second-order valence-corrected chi connectivity index (χ2v) is 1.96. The third kappa shape index (κ3) is 3.43. The van der Waals surface area contributed by atoms with Crippen molar-refractivity contribution < 1.29 is 9.59 Å². The zero-order chi connectivity index (χ0) is 9.56. The summed E-state index contributed by atoms with van der Waals surface area (Å²) in [5, 5.41) is 0.868. The summed E-state index contributed by atoms with van der Waals surface area (Å²) in [4.78, 5) is 21.4. The van der Waals surface area contributed by atoms with Crippen LogP contribution in [0.15, 0.2) is 0 Å². The van der Waals surface area contributed by atoms with Crippen molar-refractivity contribution in [3.63, 3.8) is 0 Å². The molecule has 0 rings (SSSR count). The van der Waals surface area contributed by atoms with Crippen molar-refractivity contribution in [2.75, 3.05) is 13.1 Å². The Kier molecular flexibility index (Phi) is 4.26. The van der Waals surface area contributed by atoms with Gasteiger partial charge in [-0.15, -0.1) is 0 Å². The molecule has 12 heavy (non-hydrogen) atoms. The minimum absolute atomic E-state index is 0.126. The summed E-state index contributed by atoms with van der Waals surface area (Å²) in [6, 6.07) is 1.30. The van der Waals surface area contributed by atoms with Crippen LogP contribution >= 0.6 is 0 Å². The van der Waals surface area contributed by atoms with Gasteiger partial charge in [0.1, 0.15) is 0 Å². The standard InChI is InChI=1S/C6H10N4O2/c1-2-9(6(7)12)3-4-10(8)5-11/h1,5H,3-4,8H2,(H2,7,12). The molecule has 0 atom stereocenters. The molecule has 66 valence electrons. The molecule has 0 bridgehead atoms. The average molecular weight is 170 g/mol. The predicted octanol–water partition coefficient (Wildman–Crippen LogP) is -1.71. The molecular formula is C6H10N4O2. The number of terminal acetylenes is 1. The van der Waals surface area contributed by atoms with Crippen LogP contribution < -0.4 is 11.6 Å². The lowest BCUT2D eigenvalue weighted by atomic mass is 10.5. The van der Waals surface area contributed by atoms with E-state index in [9.17, 15) is 9.59 Å². The van der Waals surface area contributed by atoms with Gasteiger partial charge in [-0.2, -0.15) is 0 Å². The van der Waals surface area contributed by atoms with Crippen LogP contribution in [-0.2, 0) is 4.79 Å². The molecule has 6 heteroatoms. The van der Waals surface area contributed by atoms with E-state index in [1.165, 1.54) is 0 Å². The number of urea groups is 1. The maximum atomic E-state index is 10.5. The van der Waals surface area contributed by atoms with Crippen molar-refractivity contribution >= 4 is 12.4 Å². The second kappa shape index (κ2) is 4.98. The van der Waals surface area contributed by atoms with Crippen LogP contribution in [0.1, 0.15) is 0 Å². The van der Waals surface area contributed by atoms with Gasteiger partial charge in [-0.3, -0.25) is 14.7 Å². The van der Waals surface area contributed by atoms with Crippen molar-refractivity contribution in [3.8, 4) is 12.5 Å². The van der Waals surface area contributed by atoms with Crippen LogP contribution in [0.4, 0.5) is 4.79 Å². The van der Waals surface area contributed by atoms with Crippen molar-refractivity contribution in [1.82, 2.24) is 9.91 Å². The quantitative estimate of drug-likeness (QED) is 0.131. The fourth-order valence-corrected chi connectivity index (χ4v) is 0.507. The van der Waals surface area contributed by atoms with Crippen LogP contribution in [0.2, 0.25) is 0 Å². The monoisotopic (exact) mass is 170 g/mol. The molecule has 0 aromatic carbocycles. The highest BCUT2D eigenvalue weighted by molar-refractivity contribution is 5.73. The summed E-state index contributed by atoms with van der Waals surface area (Å²) in [7, 11) is 0. The minimum atomic E-state index is -0.739. The first kappa shape index (κ1) is 10.3. The maximum absolute atomic E-state index is 10.5. The lowest BCUT2D eigenvalue weighted by Crippen LogP contribution is -2.40. The Morgan fingerprint density at radius 3 is 2.50 bits per heavy atom. The Hall–Kier alpha value is -1.74. The van der Waals surface area contributed by atoms with E-state index in [0.29, 0.717) is 6.41 Å². The molecule has 0 aliphatic rings. The third-order valence-corrected chi connectivity index (χ3v) is 1.14. The Balaban J connectivity index is 3.83. The van der Waals surface area contributed by atoms with Gasteiger partial charge >= 0.3 is 6.03 Å². The fourth-order valence-electron chi connectivity index (χ4n) is 0.507. The van der Waals surface area contributed by atoms with Gasteiger partial charge in [0.05, 0.1) is 13.1 Å². The van der Waals surface area contributed by atoms with Crippen molar-refractivity contribution in [2.24, 2.45) is 11.6 Å². The number of primary amides is 1. The van der Waals surface area contributed by atoms with E-state index in [0.717, 1.165) is 9.91 Å². The van der Waals surface area contributed by atoms with Crippen LogP contribution in [-0.4, -0.2) is 35.4 Å². The third-order valence-electron chi connectivity index (χ3n) is 1.14. The Morgan fingerprint density at radius 2 is 2.17 bits per heavy atom. The van der Waals surface area contributed by atoms with Crippen molar-refractivity contribution in [2.45, 2.75) is 0 Å². The number of hydrogen-bond donors (Lipinski definition) is 2. The van der Waals surface area contributed by atoms with Crippen molar-refractivity contribution in [3.05, 3.63) is 0 Å². The number of carbonyl (C=O) groups is 2. The molecule has 6 nitrogen and oxygen atoms in total. The van der Waals surface area contributed by atoms with E-state index in [4.69, 9.17) is 18.0 Å². The van der Waals surface area contributed by atoms with Crippen LogP contribution in [0.25, 0.3) is 0 Å². The highest BCUT2D eigenvalue weighted by Crippen LogP contribution is 1.83. The summed E-state index contributed by atoms with van der Waals surface area (Å²) >= 11 is 0. The van der Waals surface area contributed by atoms with Gasteiger partial charge < -0.3 is 5.73 Å². The minimum Gasteiger partial charge on any atom is -0.351 e. The van der Waals surface area contributed by atoms with E-state index in [2.05, 4.69) is 0 Å². The fraction of sp³-hybridized carbons (Fsp3) is 0.333. The molecule has 0 saturated carbocycles. The van der Waals surface area contributed by atoms with Crippen LogP contribution in [0, 0.1) is 12.5 Å². The number of nitrogens with two attached hydrogens (primary N) is 2. The normalized spacial score (nSPS) is 8.33. The summed E-state index contributed by atoms with van der Waals surface area (Å²) in [5.74, 6) is 5.09. The highest BCUT2D eigenvalue weighted by atomic mass is 16.2. The van der Waals surface area contributed by atoms with E-state index in [1.807, 2.05) is 6.04 Å². The predicted molar refractivity (Wildman–Crippen MR) is 42.1 cm³/mol. The zero-order valence-corrected chi connectivity index (χ0v) is 6.43. The molecule has 3 amide bonds. The first-order valence-electron chi connectivity index (χ1n) is 3.11. The van der Waals surface area contributed by atoms with Crippen molar-refractivity contribution in [1.29, 1.82) is 0 Å². The van der Waals surface area contributed by atoms with Gasteiger partial charge in [0.2, 0.25) is 6.41 Å². The number of carbonyl (C=O) groups excluding carboxylic acids is 2. The molecule has 0 radical (unpaired) electrons. The lowest BCUT2D eigenvalue weighted by Gasteiger charge is -2.15. The molecule has 0 aromatic rings. The molecule has 4 N–H and O–H groups in total. The average Bonchev–Trinajstić information content (AvgIpc) is 2.04. The van der Waals surface area contributed by atoms with E-state index >= 15 is 0 Å². The maximum Gasteiger partial charge on any atom is 0.326 e. The van der Waals surface area contributed by atoms with E-state index < -0.39 is 6.03 Å². The molecule has 0 aliphatic carbocycles. The van der Waals surface area contributed by atoms with Gasteiger partial charge in [-0.25, -0.2) is 10.6 Å². The molecule has 0 heterocycles. The van der Waals surface area contributed by atoms with Gasteiger partial charge in [-0.05, 0) is 0 Å². The summed E-state index contributed by atoms with van der Waals surface area (Å²) in [6.07, 6.45) is 5.36. The highest BCUT2D eigenvalue weighted by Gasteiger charge is 2.06. The number of amides is 3. The molecule has 0 saturated heterocycles. The van der Waals surface area contributed by atoms with Gasteiger partial charge in [-0.1, -0.05) is 6.42 Å². The SMILES string of the molecule is C#CN(CCN(N)C=O)C(N)=O. The summed E-state index contributed by atoms with van der Waals surface area (Å²) < 4.78 is 0. The number of nitrogens with zero attached hydrogens (tertiary/aromatic N) is 2. The number of hydrogen-bond acceptors (Lipinski definition) is 3. The van der Waals surface area contributed by atoms with E-state index in [1.54, 1.807) is 0 Å². The zero-order valence-electron chi connectivity index (χ0n) is 6.43. The molecule has 0 fully saturated rings. The van der Waals surface area contributed by atoms with Crippen LogP contribution in [0.3, 0.4) is 0 Å². The van der Waals surface area contributed by atoms with E-state index in [-0.39, 0.29) is 13.1 Å². The Labute approximate surface area is 70.1 Å². The smallest absolute Gasteiger partial charge is 0.326 e. The molecule has 0 aromatic heterocycles. The van der Waals surface area contributed by atoms with Crippen LogP contribution in [0.5, 0.6) is 0 Å². The molecule has 0 aliphatic heterocycles. The van der Waals surface area contributed by atoms with Gasteiger partial charge in [0.25, 0.3) is 0 Å². The van der Waals surface area contributed by atoms with Gasteiger partial charge in [0, 0.05) is 6.04 Å². The second-order valence-electron chi connectivity index (χ2n) is 1.96.